The quantitative estimate of drug-likeness (QED) is 0.193. The largest absolute Gasteiger partial charge is 0.255 e. The van der Waals surface area contributed by atoms with Crippen LogP contribution in [0.25, 0.3) is 88.2 Å². The van der Waals surface area contributed by atoms with Gasteiger partial charge in [-0.2, -0.15) is 0 Å². The van der Waals surface area contributed by atoms with Crippen LogP contribution >= 0.6 is 0 Å². The molecule has 0 aliphatic heterocycles. The summed E-state index contributed by atoms with van der Waals surface area (Å²) in [4.78, 5) is 15.2. The molecule has 214 valence electrons. The third-order valence-electron chi connectivity index (χ3n) is 8.92. The van der Waals surface area contributed by atoms with E-state index in [-0.39, 0.29) is 0 Å². The number of hydrogen-bond acceptors (Lipinski definition) is 3. The van der Waals surface area contributed by atoms with Crippen LogP contribution in [0.5, 0.6) is 0 Å². The predicted molar refractivity (Wildman–Crippen MR) is 192 cm³/mol. The van der Waals surface area contributed by atoms with Gasteiger partial charge in [-0.3, -0.25) is 4.98 Å². The summed E-state index contributed by atoms with van der Waals surface area (Å²) in [5.41, 5.74) is 9.51. The van der Waals surface area contributed by atoms with Crippen molar-refractivity contribution in [2.75, 3.05) is 0 Å². The molecule has 3 heteroatoms. The second-order valence-corrected chi connectivity index (χ2v) is 11.5. The molecule has 0 aliphatic rings. The van der Waals surface area contributed by atoms with E-state index < -0.39 is 0 Å². The molecule has 0 spiro atoms. The lowest BCUT2D eigenvalue weighted by atomic mass is 9.84. The van der Waals surface area contributed by atoms with Crippen molar-refractivity contribution in [2.24, 2.45) is 0 Å². The van der Waals surface area contributed by atoms with E-state index in [4.69, 9.17) is 15.0 Å². The van der Waals surface area contributed by atoms with Crippen LogP contribution in [0.3, 0.4) is 0 Å². The molecule has 0 bridgehead atoms. The summed E-state index contributed by atoms with van der Waals surface area (Å²) in [7, 11) is 0. The lowest BCUT2D eigenvalue weighted by Gasteiger charge is -2.19. The molecular weight excluding hydrogens is 558 g/mol. The van der Waals surface area contributed by atoms with Gasteiger partial charge in [-0.25, -0.2) is 9.97 Å². The first-order valence-electron chi connectivity index (χ1n) is 15.5. The van der Waals surface area contributed by atoms with Gasteiger partial charge in [0.1, 0.15) is 0 Å². The fourth-order valence-corrected chi connectivity index (χ4v) is 6.92. The minimum Gasteiger partial charge on any atom is -0.255 e. The molecule has 9 rings (SSSR count). The highest BCUT2D eigenvalue weighted by molar-refractivity contribution is 6.23. The Morgan fingerprint density at radius 2 is 0.870 bits per heavy atom. The van der Waals surface area contributed by atoms with Crippen molar-refractivity contribution >= 4 is 43.4 Å². The fourth-order valence-electron chi connectivity index (χ4n) is 6.92. The monoisotopic (exact) mass is 585 g/mol. The Hall–Kier alpha value is -6.19. The second-order valence-electron chi connectivity index (χ2n) is 11.5. The van der Waals surface area contributed by atoms with E-state index in [1.54, 1.807) is 0 Å². The van der Waals surface area contributed by atoms with Crippen molar-refractivity contribution in [1.82, 2.24) is 15.0 Å². The van der Waals surface area contributed by atoms with Crippen LogP contribution in [0, 0.1) is 0 Å². The van der Waals surface area contributed by atoms with Gasteiger partial charge in [0.25, 0.3) is 0 Å². The topological polar surface area (TPSA) is 38.7 Å². The van der Waals surface area contributed by atoms with E-state index in [0.29, 0.717) is 5.82 Å². The Morgan fingerprint density at radius 1 is 0.348 bits per heavy atom. The van der Waals surface area contributed by atoms with Crippen LogP contribution in [0.15, 0.2) is 164 Å². The van der Waals surface area contributed by atoms with Crippen LogP contribution in [0.1, 0.15) is 0 Å². The minimum atomic E-state index is 0.668. The summed E-state index contributed by atoms with van der Waals surface area (Å²) >= 11 is 0. The maximum atomic E-state index is 5.19. The van der Waals surface area contributed by atoms with E-state index in [0.717, 1.165) is 44.2 Å². The second kappa shape index (κ2) is 10.8. The third-order valence-corrected chi connectivity index (χ3v) is 8.92. The number of aromatic nitrogens is 3. The lowest BCUT2D eigenvalue weighted by Crippen LogP contribution is -1.97. The maximum Gasteiger partial charge on any atom is 0.162 e. The van der Waals surface area contributed by atoms with E-state index in [9.17, 15) is 0 Å². The molecule has 0 fully saturated rings. The molecule has 9 aromatic rings. The number of hydrogen-bond donors (Lipinski definition) is 0. The summed E-state index contributed by atoms with van der Waals surface area (Å²) in [6, 6.07) is 55.4. The smallest absolute Gasteiger partial charge is 0.162 e. The van der Waals surface area contributed by atoms with E-state index in [2.05, 4.69) is 133 Å². The van der Waals surface area contributed by atoms with Crippen molar-refractivity contribution in [3.63, 3.8) is 0 Å². The predicted octanol–water partition coefficient (Wildman–Crippen LogP) is 11.2. The average Bonchev–Trinajstić information content (AvgIpc) is 3.14. The van der Waals surface area contributed by atoms with Crippen molar-refractivity contribution in [3.05, 3.63) is 164 Å². The number of pyridine rings is 1. The summed E-state index contributed by atoms with van der Waals surface area (Å²) in [5.74, 6) is 0.668. The molecule has 0 N–H and O–H groups in total. The number of para-hydroxylation sites is 1. The van der Waals surface area contributed by atoms with E-state index >= 15 is 0 Å². The first kappa shape index (κ1) is 26.2. The molecule has 3 nitrogen and oxygen atoms in total. The average molecular weight is 586 g/mol. The summed E-state index contributed by atoms with van der Waals surface area (Å²) < 4.78 is 0. The standard InChI is InChI=1S/C43H27N3/c1-3-14-28(15-4-1)39-30-18-7-9-20-32(30)40(33-21-10-8-19-31(33)39)34-25-26-37(42-35(34)23-13-27-44-42)43-45-38-24-12-11-22-36(38)41(46-43)29-16-5-2-6-17-29/h1-27H. The summed E-state index contributed by atoms with van der Waals surface area (Å²) in [5, 5.41) is 6.99. The number of nitrogens with zero attached hydrogens (tertiary/aromatic N) is 3. The van der Waals surface area contributed by atoms with Crippen LogP contribution in [-0.2, 0) is 0 Å². The Morgan fingerprint density at radius 3 is 1.54 bits per heavy atom. The van der Waals surface area contributed by atoms with E-state index in [1.165, 1.54) is 38.2 Å². The Balaban J connectivity index is 1.34. The molecule has 7 aromatic carbocycles. The summed E-state index contributed by atoms with van der Waals surface area (Å²) in [6.45, 7) is 0. The molecule has 0 aliphatic carbocycles. The molecule has 2 aromatic heterocycles. The molecule has 46 heavy (non-hydrogen) atoms. The molecule has 0 unspecified atom stereocenters. The van der Waals surface area contributed by atoms with E-state index in [1.807, 2.05) is 30.5 Å². The molecular formula is C43H27N3. The van der Waals surface area contributed by atoms with Gasteiger partial charge in [0, 0.05) is 28.1 Å². The van der Waals surface area contributed by atoms with Crippen molar-refractivity contribution < 1.29 is 0 Å². The number of benzene rings is 7. The third kappa shape index (κ3) is 4.17. The number of fused-ring (bicyclic) bond motifs is 4. The highest BCUT2D eigenvalue weighted by Gasteiger charge is 2.20. The zero-order valence-corrected chi connectivity index (χ0v) is 24.9. The Labute approximate surface area is 266 Å². The van der Waals surface area contributed by atoms with Gasteiger partial charge < -0.3 is 0 Å². The summed E-state index contributed by atoms with van der Waals surface area (Å²) in [6.07, 6.45) is 1.86. The molecule has 0 saturated carbocycles. The maximum absolute atomic E-state index is 5.19. The van der Waals surface area contributed by atoms with Gasteiger partial charge in [-0.15, -0.1) is 0 Å². The van der Waals surface area contributed by atoms with Crippen LogP contribution < -0.4 is 0 Å². The first-order chi connectivity index (χ1) is 22.8. The van der Waals surface area contributed by atoms with Crippen molar-refractivity contribution in [2.45, 2.75) is 0 Å². The van der Waals surface area contributed by atoms with Gasteiger partial charge in [-0.1, -0.05) is 140 Å². The van der Waals surface area contributed by atoms with Crippen molar-refractivity contribution in [1.29, 1.82) is 0 Å². The molecule has 2 heterocycles. The fraction of sp³-hybridized carbons (Fsp3) is 0. The Kier molecular flexibility index (Phi) is 6.14. The lowest BCUT2D eigenvalue weighted by molar-refractivity contribution is 1.23. The Bertz CT molecular complexity index is 2520. The van der Waals surface area contributed by atoms with Crippen molar-refractivity contribution in [3.8, 4) is 44.9 Å². The molecule has 0 saturated heterocycles. The molecule has 0 atom stereocenters. The molecule has 0 radical (unpaired) electrons. The van der Waals surface area contributed by atoms with Gasteiger partial charge in [-0.05, 0) is 62.0 Å². The van der Waals surface area contributed by atoms with Gasteiger partial charge >= 0.3 is 0 Å². The van der Waals surface area contributed by atoms with Gasteiger partial charge in [0.15, 0.2) is 5.82 Å². The minimum absolute atomic E-state index is 0.668. The highest BCUT2D eigenvalue weighted by atomic mass is 14.9. The highest BCUT2D eigenvalue weighted by Crippen LogP contribution is 2.46. The van der Waals surface area contributed by atoms with Gasteiger partial charge in [0.2, 0.25) is 0 Å². The van der Waals surface area contributed by atoms with Crippen LogP contribution in [-0.4, -0.2) is 15.0 Å². The zero-order valence-electron chi connectivity index (χ0n) is 24.9. The zero-order chi connectivity index (χ0) is 30.5. The van der Waals surface area contributed by atoms with Crippen LogP contribution in [0.4, 0.5) is 0 Å². The SMILES string of the molecule is c1ccc(-c2nc(-c3ccc(-c4c5ccccc5c(-c5ccccc5)c5ccccc45)c4cccnc34)nc3ccccc23)cc1. The van der Waals surface area contributed by atoms with Gasteiger partial charge in [0.05, 0.1) is 16.7 Å². The molecule has 0 amide bonds. The normalized spacial score (nSPS) is 11.5. The number of rotatable bonds is 4. The first-order valence-corrected chi connectivity index (χ1v) is 15.5. The van der Waals surface area contributed by atoms with Crippen LogP contribution in [0.2, 0.25) is 0 Å².